The van der Waals surface area contributed by atoms with E-state index in [2.05, 4.69) is 15.3 Å². The van der Waals surface area contributed by atoms with E-state index in [1.807, 2.05) is 0 Å². The summed E-state index contributed by atoms with van der Waals surface area (Å²) in [5.41, 5.74) is 1.26. The Kier molecular flexibility index (Phi) is 4.50. The number of hydrogen-bond acceptors (Lipinski definition) is 4. The van der Waals surface area contributed by atoms with E-state index in [1.54, 1.807) is 49.4 Å². The molecule has 0 aliphatic heterocycles. The van der Waals surface area contributed by atoms with Gasteiger partial charge in [0.05, 0.1) is 5.52 Å². The highest BCUT2D eigenvalue weighted by molar-refractivity contribution is 5.91. The van der Waals surface area contributed by atoms with Crippen molar-refractivity contribution >= 4 is 22.7 Å². The van der Waals surface area contributed by atoms with E-state index in [9.17, 15) is 23.1 Å². The number of benzene rings is 2. The summed E-state index contributed by atoms with van der Waals surface area (Å²) >= 11 is 0. The average Bonchev–Trinajstić information content (AvgIpc) is 2.59. The van der Waals surface area contributed by atoms with Crippen LogP contribution in [0.4, 0.5) is 19.0 Å². The molecule has 0 aliphatic carbocycles. The van der Waals surface area contributed by atoms with Gasteiger partial charge in [-0.05, 0) is 24.6 Å². The first kappa shape index (κ1) is 17.7. The molecule has 8 heteroatoms. The molecule has 1 atom stereocenters. The minimum absolute atomic E-state index is 0.0811. The maximum absolute atomic E-state index is 13.1. The number of anilines is 1. The van der Waals surface area contributed by atoms with Crippen molar-refractivity contribution in [2.45, 2.75) is 19.1 Å². The van der Waals surface area contributed by atoms with Crippen LogP contribution in [0.3, 0.4) is 0 Å². The molecule has 134 valence electrons. The molecule has 0 radical (unpaired) electrons. The zero-order valence-electron chi connectivity index (χ0n) is 13.6. The molecule has 0 saturated carbocycles. The monoisotopic (exact) mass is 361 g/mol. The molecule has 0 spiro atoms. The highest BCUT2D eigenvalue weighted by Gasteiger charge is 2.36. The molecule has 0 saturated heterocycles. The lowest BCUT2D eigenvalue weighted by Gasteiger charge is -2.18. The zero-order chi connectivity index (χ0) is 18.9. The smallest absolute Gasteiger partial charge is 0.451 e. The number of carboxylic acid groups (broad SMARTS) is 1. The van der Waals surface area contributed by atoms with Crippen LogP contribution >= 0.6 is 0 Å². The summed E-state index contributed by atoms with van der Waals surface area (Å²) in [5, 5.41) is 12.5. The second-order valence-corrected chi connectivity index (χ2v) is 5.74. The summed E-state index contributed by atoms with van der Waals surface area (Å²) in [4.78, 5) is 18.8. The summed E-state index contributed by atoms with van der Waals surface area (Å²) in [7, 11) is 0. The number of carboxylic acids is 1. The number of halogens is 3. The van der Waals surface area contributed by atoms with Crippen LogP contribution in [0.25, 0.3) is 10.9 Å². The van der Waals surface area contributed by atoms with Gasteiger partial charge in [-0.2, -0.15) is 13.2 Å². The normalized spacial score (nSPS) is 12.8. The Balaban J connectivity index is 2.15. The van der Waals surface area contributed by atoms with Crippen LogP contribution in [0.15, 0.2) is 48.5 Å². The van der Waals surface area contributed by atoms with Crippen LogP contribution in [0.5, 0.6) is 0 Å². The van der Waals surface area contributed by atoms with Gasteiger partial charge in [0.15, 0.2) is 6.04 Å². The van der Waals surface area contributed by atoms with E-state index < -0.39 is 24.0 Å². The molecular formula is C18H14F3N3O2. The number of alkyl halides is 3. The third-order valence-corrected chi connectivity index (χ3v) is 3.77. The SMILES string of the molecule is Cc1ccc2nc(C(F)(F)F)nc(NC(C(=O)O)c3ccccc3)c2c1. The number of aliphatic carboxylic acids is 1. The second-order valence-electron chi connectivity index (χ2n) is 5.74. The van der Waals surface area contributed by atoms with Crippen LogP contribution < -0.4 is 5.32 Å². The van der Waals surface area contributed by atoms with Crippen LogP contribution in [0, 0.1) is 6.92 Å². The Morgan fingerprint density at radius 3 is 2.42 bits per heavy atom. The molecule has 2 N–H and O–H groups in total. The van der Waals surface area contributed by atoms with Gasteiger partial charge in [0.2, 0.25) is 5.82 Å². The Bertz CT molecular complexity index is 959. The van der Waals surface area contributed by atoms with Crippen molar-refractivity contribution in [2.75, 3.05) is 5.32 Å². The number of carbonyl (C=O) groups is 1. The van der Waals surface area contributed by atoms with Gasteiger partial charge in [0.1, 0.15) is 5.82 Å². The quantitative estimate of drug-likeness (QED) is 0.729. The van der Waals surface area contributed by atoms with E-state index in [0.717, 1.165) is 5.56 Å². The predicted octanol–water partition coefficient (Wildman–Crippen LogP) is 4.19. The van der Waals surface area contributed by atoms with Crippen LogP contribution in [-0.2, 0) is 11.0 Å². The Morgan fingerprint density at radius 2 is 1.81 bits per heavy atom. The molecule has 0 bridgehead atoms. The van der Waals surface area contributed by atoms with Crippen molar-refractivity contribution in [2.24, 2.45) is 0 Å². The summed E-state index contributed by atoms with van der Waals surface area (Å²) < 4.78 is 39.4. The molecule has 0 amide bonds. The molecule has 26 heavy (non-hydrogen) atoms. The molecule has 3 aromatic rings. The van der Waals surface area contributed by atoms with Crippen molar-refractivity contribution in [3.63, 3.8) is 0 Å². The number of nitrogens with zero attached hydrogens (tertiary/aromatic N) is 2. The van der Waals surface area contributed by atoms with Crippen LogP contribution in [0.2, 0.25) is 0 Å². The minimum atomic E-state index is -4.75. The summed E-state index contributed by atoms with van der Waals surface area (Å²) in [5.74, 6) is -2.74. The standard InChI is InChI=1S/C18H14F3N3O2/c1-10-7-8-13-12(9-10)15(24-17(22-13)18(19,20)21)23-14(16(25)26)11-5-3-2-4-6-11/h2-9,14H,1H3,(H,25,26)(H,22,23,24). The zero-order valence-corrected chi connectivity index (χ0v) is 13.6. The Hall–Kier alpha value is -3.16. The lowest BCUT2D eigenvalue weighted by atomic mass is 10.1. The molecular weight excluding hydrogens is 347 g/mol. The molecule has 0 fully saturated rings. The lowest BCUT2D eigenvalue weighted by molar-refractivity contribution is -0.144. The fourth-order valence-corrected chi connectivity index (χ4v) is 2.55. The van der Waals surface area contributed by atoms with E-state index >= 15 is 0 Å². The first-order valence-electron chi connectivity index (χ1n) is 7.65. The van der Waals surface area contributed by atoms with Crippen molar-refractivity contribution in [1.82, 2.24) is 9.97 Å². The Labute approximate surface area is 146 Å². The fraction of sp³-hybridized carbons (Fsp3) is 0.167. The highest BCUT2D eigenvalue weighted by Crippen LogP contribution is 2.32. The number of hydrogen-bond donors (Lipinski definition) is 2. The van der Waals surface area contributed by atoms with Crippen molar-refractivity contribution in [3.05, 3.63) is 65.5 Å². The predicted molar refractivity (Wildman–Crippen MR) is 89.7 cm³/mol. The van der Waals surface area contributed by atoms with Crippen LogP contribution in [-0.4, -0.2) is 21.0 Å². The number of nitrogens with one attached hydrogen (secondary N) is 1. The van der Waals surface area contributed by atoms with Gasteiger partial charge in [-0.3, -0.25) is 0 Å². The van der Waals surface area contributed by atoms with E-state index in [1.165, 1.54) is 6.07 Å². The van der Waals surface area contributed by atoms with Gasteiger partial charge < -0.3 is 10.4 Å². The molecule has 0 aliphatic rings. The molecule has 3 rings (SSSR count). The van der Waals surface area contributed by atoms with Gasteiger partial charge in [0, 0.05) is 5.39 Å². The third-order valence-electron chi connectivity index (χ3n) is 3.77. The Morgan fingerprint density at radius 1 is 1.12 bits per heavy atom. The molecule has 5 nitrogen and oxygen atoms in total. The molecule has 1 aromatic heterocycles. The fourth-order valence-electron chi connectivity index (χ4n) is 2.55. The van der Waals surface area contributed by atoms with Crippen molar-refractivity contribution in [1.29, 1.82) is 0 Å². The first-order valence-corrected chi connectivity index (χ1v) is 7.65. The third kappa shape index (κ3) is 3.58. The number of aromatic nitrogens is 2. The summed E-state index contributed by atoms with van der Waals surface area (Å²) in [6.07, 6.45) is -4.75. The van der Waals surface area contributed by atoms with E-state index in [-0.39, 0.29) is 11.3 Å². The lowest BCUT2D eigenvalue weighted by Crippen LogP contribution is -2.22. The molecule has 2 aromatic carbocycles. The summed E-state index contributed by atoms with van der Waals surface area (Å²) in [6, 6.07) is 11.6. The maximum atomic E-state index is 13.1. The minimum Gasteiger partial charge on any atom is -0.479 e. The topological polar surface area (TPSA) is 75.1 Å². The van der Waals surface area contributed by atoms with Gasteiger partial charge >= 0.3 is 12.1 Å². The largest absolute Gasteiger partial charge is 0.479 e. The van der Waals surface area contributed by atoms with Gasteiger partial charge in [-0.15, -0.1) is 0 Å². The van der Waals surface area contributed by atoms with Crippen LogP contribution in [0.1, 0.15) is 23.0 Å². The maximum Gasteiger partial charge on any atom is 0.451 e. The first-order chi connectivity index (χ1) is 12.3. The molecule has 1 unspecified atom stereocenters. The van der Waals surface area contributed by atoms with Gasteiger partial charge in [-0.25, -0.2) is 14.8 Å². The molecule has 1 heterocycles. The van der Waals surface area contributed by atoms with Crippen molar-refractivity contribution in [3.8, 4) is 0 Å². The summed E-state index contributed by atoms with van der Waals surface area (Å²) in [6.45, 7) is 1.77. The van der Waals surface area contributed by atoms with E-state index in [4.69, 9.17) is 0 Å². The number of rotatable bonds is 4. The number of fused-ring (bicyclic) bond motifs is 1. The average molecular weight is 361 g/mol. The van der Waals surface area contributed by atoms with E-state index in [0.29, 0.717) is 10.9 Å². The second kappa shape index (κ2) is 6.62. The van der Waals surface area contributed by atoms with Crippen molar-refractivity contribution < 1.29 is 23.1 Å². The number of aryl methyl sites for hydroxylation is 1. The van der Waals surface area contributed by atoms with Gasteiger partial charge in [-0.1, -0.05) is 42.0 Å². The van der Waals surface area contributed by atoms with Gasteiger partial charge in [0.25, 0.3) is 0 Å². The highest BCUT2D eigenvalue weighted by atomic mass is 19.4.